The summed E-state index contributed by atoms with van der Waals surface area (Å²) in [6.07, 6.45) is 7.99. The second-order valence-corrected chi connectivity index (χ2v) is 5.59. The van der Waals surface area contributed by atoms with E-state index in [9.17, 15) is 5.11 Å². The van der Waals surface area contributed by atoms with Gasteiger partial charge < -0.3 is 15.0 Å². The number of aliphatic hydroxyl groups is 1. The van der Waals surface area contributed by atoms with E-state index in [1.807, 2.05) is 12.5 Å². The fraction of sp³-hybridized carbons (Fsp3) is 0.769. The number of nitrogens with zero attached hydrogens (tertiary/aromatic N) is 2. The number of rotatable bonds is 3. The minimum absolute atomic E-state index is 0.188. The zero-order valence-corrected chi connectivity index (χ0v) is 10.3. The molecule has 2 aliphatic rings. The number of imidazole rings is 1. The van der Waals surface area contributed by atoms with E-state index in [2.05, 4.69) is 21.8 Å². The number of hydrogen-bond donors (Lipinski definition) is 2. The summed E-state index contributed by atoms with van der Waals surface area (Å²) in [5.74, 6) is 0.702. The summed E-state index contributed by atoms with van der Waals surface area (Å²) in [5.41, 5.74) is 0.985. The van der Waals surface area contributed by atoms with Gasteiger partial charge in [-0.3, -0.25) is 0 Å². The molecule has 1 aliphatic carbocycles. The molecule has 1 saturated carbocycles. The molecule has 1 aliphatic heterocycles. The number of piperidine rings is 1. The Balaban J connectivity index is 1.75. The number of aliphatic hydroxyl groups excluding tert-OH is 1. The largest absolute Gasteiger partial charge is 0.385 e. The van der Waals surface area contributed by atoms with Crippen LogP contribution in [0.1, 0.15) is 50.4 Å². The predicted octanol–water partition coefficient (Wildman–Crippen LogP) is 1.64. The lowest BCUT2D eigenvalue weighted by atomic mass is 9.90. The van der Waals surface area contributed by atoms with Crippen molar-refractivity contribution in [1.82, 2.24) is 14.9 Å². The van der Waals surface area contributed by atoms with Crippen LogP contribution in [0.4, 0.5) is 0 Å². The Labute approximate surface area is 102 Å². The van der Waals surface area contributed by atoms with Gasteiger partial charge in [-0.25, -0.2) is 4.98 Å². The zero-order valence-electron chi connectivity index (χ0n) is 10.3. The maximum Gasteiger partial charge on any atom is 0.111 e. The Morgan fingerprint density at radius 2 is 2.29 bits per heavy atom. The van der Waals surface area contributed by atoms with Crippen LogP contribution in [0.3, 0.4) is 0 Å². The van der Waals surface area contributed by atoms with E-state index in [4.69, 9.17) is 0 Å². The maximum absolute atomic E-state index is 10.5. The molecule has 2 N–H and O–H groups in total. The monoisotopic (exact) mass is 235 g/mol. The van der Waals surface area contributed by atoms with Crippen LogP contribution < -0.4 is 5.32 Å². The molecule has 0 spiro atoms. The fourth-order valence-electron chi connectivity index (χ4n) is 2.80. The topological polar surface area (TPSA) is 50.1 Å². The van der Waals surface area contributed by atoms with Crippen LogP contribution in [0.15, 0.2) is 12.5 Å². The first-order valence-corrected chi connectivity index (χ1v) is 6.69. The Morgan fingerprint density at radius 3 is 3.00 bits per heavy atom. The highest BCUT2D eigenvalue weighted by molar-refractivity contribution is 5.10. The Hall–Kier alpha value is -0.870. The lowest BCUT2D eigenvalue weighted by Gasteiger charge is -2.32. The van der Waals surface area contributed by atoms with E-state index in [-0.39, 0.29) is 6.04 Å². The molecule has 3 atom stereocenters. The first-order chi connectivity index (χ1) is 8.25. The molecule has 0 aromatic carbocycles. The summed E-state index contributed by atoms with van der Waals surface area (Å²) in [4.78, 5) is 4.19. The molecule has 3 unspecified atom stereocenters. The first kappa shape index (κ1) is 11.2. The molecule has 17 heavy (non-hydrogen) atoms. The first-order valence-electron chi connectivity index (χ1n) is 6.69. The SMILES string of the molecule is CC1CCNC(C(O)c2cncn2C2CC2)C1. The number of aromatic nitrogens is 2. The third kappa shape index (κ3) is 2.24. The van der Waals surface area contributed by atoms with Gasteiger partial charge in [-0.1, -0.05) is 6.92 Å². The van der Waals surface area contributed by atoms with Gasteiger partial charge in [0.2, 0.25) is 0 Å². The van der Waals surface area contributed by atoms with Crippen molar-refractivity contribution < 1.29 is 5.11 Å². The van der Waals surface area contributed by atoms with Gasteiger partial charge in [-0.15, -0.1) is 0 Å². The number of nitrogens with one attached hydrogen (secondary N) is 1. The van der Waals surface area contributed by atoms with Crippen molar-refractivity contribution >= 4 is 0 Å². The van der Waals surface area contributed by atoms with Crippen LogP contribution in [0.5, 0.6) is 0 Å². The highest BCUT2D eigenvalue weighted by Gasteiger charge is 2.32. The molecule has 4 heteroatoms. The molecule has 4 nitrogen and oxygen atoms in total. The zero-order chi connectivity index (χ0) is 11.8. The molecule has 2 heterocycles. The van der Waals surface area contributed by atoms with Crippen molar-refractivity contribution in [3.05, 3.63) is 18.2 Å². The summed E-state index contributed by atoms with van der Waals surface area (Å²) in [6.45, 7) is 3.28. The molecule has 1 saturated heterocycles. The van der Waals surface area contributed by atoms with Crippen molar-refractivity contribution in [3.63, 3.8) is 0 Å². The standard InChI is InChI=1S/C13H21N3O/c1-9-4-5-15-11(6-9)13(17)12-7-14-8-16(12)10-2-3-10/h7-11,13,15,17H,2-6H2,1H3. The summed E-state index contributed by atoms with van der Waals surface area (Å²) in [7, 11) is 0. The lowest BCUT2D eigenvalue weighted by molar-refractivity contribution is 0.0944. The molecule has 3 rings (SSSR count). The molecular formula is C13H21N3O. The van der Waals surface area contributed by atoms with Crippen LogP contribution in [-0.2, 0) is 0 Å². The highest BCUT2D eigenvalue weighted by Crippen LogP contribution is 2.38. The third-order valence-corrected chi connectivity index (χ3v) is 4.02. The van der Waals surface area contributed by atoms with Gasteiger partial charge in [-0.05, 0) is 38.1 Å². The van der Waals surface area contributed by atoms with Gasteiger partial charge in [-0.2, -0.15) is 0 Å². The summed E-state index contributed by atoms with van der Waals surface area (Å²) >= 11 is 0. The van der Waals surface area contributed by atoms with Crippen molar-refractivity contribution in [2.45, 2.75) is 50.8 Å². The van der Waals surface area contributed by atoms with Gasteiger partial charge >= 0.3 is 0 Å². The van der Waals surface area contributed by atoms with Crippen molar-refractivity contribution in [2.24, 2.45) is 5.92 Å². The van der Waals surface area contributed by atoms with E-state index >= 15 is 0 Å². The second kappa shape index (κ2) is 4.42. The minimum atomic E-state index is -0.416. The average molecular weight is 235 g/mol. The highest BCUT2D eigenvalue weighted by atomic mass is 16.3. The molecule has 0 bridgehead atoms. The van der Waals surface area contributed by atoms with E-state index in [0.717, 1.165) is 18.7 Å². The smallest absolute Gasteiger partial charge is 0.111 e. The Morgan fingerprint density at radius 1 is 1.47 bits per heavy atom. The quantitative estimate of drug-likeness (QED) is 0.837. The van der Waals surface area contributed by atoms with Gasteiger partial charge in [0.05, 0.1) is 18.2 Å². The summed E-state index contributed by atoms with van der Waals surface area (Å²) in [5, 5.41) is 13.9. The van der Waals surface area contributed by atoms with Crippen LogP contribution in [-0.4, -0.2) is 27.2 Å². The molecule has 0 radical (unpaired) electrons. The van der Waals surface area contributed by atoms with E-state index in [1.165, 1.54) is 19.3 Å². The van der Waals surface area contributed by atoms with Crippen LogP contribution in [0, 0.1) is 5.92 Å². The normalized spacial score (nSPS) is 31.4. The third-order valence-electron chi connectivity index (χ3n) is 4.02. The minimum Gasteiger partial charge on any atom is -0.385 e. The maximum atomic E-state index is 10.5. The Bertz CT molecular complexity index is 386. The van der Waals surface area contributed by atoms with Crippen LogP contribution in [0.2, 0.25) is 0 Å². The fourth-order valence-corrected chi connectivity index (χ4v) is 2.80. The molecule has 1 aromatic rings. The van der Waals surface area contributed by atoms with Gasteiger partial charge in [0.25, 0.3) is 0 Å². The molecule has 1 aromatic heterocycles. The van der Waals surface area contributed by atoms with Gasteiger partial charge in [0.15, 0.2) is 0 Å². The van der Waals surface area contributed by atoms with Crippen molar-refractivity contribution in [2.75, 3.05) is 6.54 Å². The number of hydrogen-bond acceptors (Lipinski definition) is 3. The average Bonchev–Trinajstić information content (AvgIpc) is 3.06. The van der Waals surface area contributed by atoms with Crippen LogP contribution >= 0.6 is 0 Å². The van der Waals surface area contributed by atoms with Crippen molar-refractivity contribution in [3.8, 4) is 0 Å². The lowest BCUT2D eigenvalue weighted by Crippen LogP contribution is -2.42. The summed E-state index contributed by atoms with van der Waals surface area (Å²) in [6, 6.07) is 0.774. The summed E-state index contributed by atoms with van der Waals surface area (Å²) < 4.78 is 2.16. The van der Waals surface area contributed by atoms with Gasteiger partial charge in [0.1, 0.15) is 6.10 Å². The Kier molecular flexibility index (Phi) is 2.92. The van der Waals surface area contributed by atoms with Gasteiger partial charge in [0, 0.05) is 12.1 Å². The van der Waals surface area contributed by atoms with Crippen LogP contribution in [0.25, 0.3) is 0 Å². The van der Waals surface area contributed by atoms with Crippen molar-refractivity contribution in [1.29, 1.82) is 0 Å². The second-order valence-electron chi connectivity index (χ2n) is 5.59. The molecule has 2 fully saturated rings. The van der Waals surface area contributed by atoms with E-state index in [1.54, 1.807) is 0 Å². The predicted molar refractivity (Wildman–Crippen MR) is 65.6 cm³/mol. The molecular weight excluding hydrogens is 214 g/mol. The molecule has 0 amide bonds. The van der Waals surface area contributed by atoms with E-state index < -0.39 is 6.10 Å². The van der Waals surface area contributed by atoms with E-state index in [0.29, 0.717) is 12.0 Å². The molecule has 94 valence electrons.